The van der Waals surface area contributed by atoms with Crippen molar-refractivity contribution in [3.63, 3.8) is 0 Å². The van der Waals surface area contributed by atoms with Crippen LogP contribution in [0.2, 0.25) is 10.0 Å². The van der Waals surface area contributed by atoms with Gasteiger partial charge in [-0.15, -0.1) is 0 Å². The van der Waals surface area contributed by atoms with E-state index in [0.717, 1.165) is 12.1 Å². The fraction of sp³-hybridized carbons (Fsp3) is 0.222. The Morgan fingerprint density at radius 3 is 2.31 bits per heavy atom. The third-order valence-corrected chi connectivity index (χ3v) is 3.65. The van der Waals surface area contributed by atoms with Crippen molar-refractivity contribution in [1.82, 2.24) is 0 Å². The normalized spacial score (nSPS) is 13.6. The Bertz CT molecular complexity index is 420. The molecule has 0 aliphatic rings. The van der Waals surface area contributed by atoms with Gasteiger partial charge in [0.25, 0.3) is 0 Å². The standard InChI is InChI=1S/C9H4BrCl2F3O/c10-8(9(13,14)15)4-1-5(3-16)7(12)6(11)2-4/h1-3,8H. The van der Waals surface area contributed by atoms with Crippen molar-refractivity contribution >= 4 is 45.4 Å². The lowest BCUT2D eigenvalue weighted by Gasteiger charge is -2.15. The summed E-state index contributed by atoms with van der Waals surface area (Å²) < 4.78 is 37.2. The van der Waals surface area contributed by atoms with E-state index < -0.39 is 11.0 Å². The Morgan fingerprint density at radius 1 is 1.31 bits per heavy atom. The zero-order chi connectivity index (χ0) is 12.5. The summed E-state index contributed by atoms with van der Waals surface area (Å²) in [6.07, 6.45) is -4.11. The van der Waals surface area contributed by atoms with Crippen molar-refractivity contribution in [3.05, 3.63) is 33.3 Å². The van der Waals surface area contributed by atoms with Gasteiger partial charge in [0, 0.05) is 5.56 Å². The molecule has 0 aliphatic carbocycles. The van der Waals surface area contributed by atoms with E-state index in [0.29, 0.717) is 6.29 Å². The van der Waals surface area contributed by atoms with E-state index in [9.17, 15) is 18.0 Å². The minimum absolute atomic E-state index is 0.0534. The van der Waals surface area contributed by atoms with Crippen molar-refractivity contribution in [2.24, 2.45) is 0 Å². The molecule has 1 aromatic rings. The topological polar surface area (TPSA) is 17.1 Å². The number of hydrogen-bond donors (Lipinski definition) is 0. The summed E-state index contributed by atoms with van der Waals surface area (Å²) in [5.74, 6) is 0. The predicted octanol–water partition coefficient (Wildman–Crippen LogP) is 4.80. The van der Waals surface area contributed by atoms with Crippen molar-refractivity contribution in [3.8, 4) is 0 Å². The molecule has 0 saturated heterocycles. The summed E-state index contributed by atoms with van der Waals surface area (Å²) in [6, 6.07) is 2.12. The maximum absolute atomic E-state index is 12.4. The summed E-state index contributed by atoms with van der Waals surface area (Å²) in [4.78, 5) is 8.68. The van der Waals surface area contributed by atoms with Gasteiger partial charge in [-0.2, -0.15) is 13.2 Å². The van der Waals surface area contributed by atoms with Crippen LogP contribution in [-0.2, 0) is 0 Å². The first kappa shape index (κ1) is 13.8. The van der Waals surface area contributed by atoms with E-state index in [1.165, 1.54) is 0 Å². The molecule has 1 nitrogen and oxygen atoms in total. The molecule has 1 rings (SSSR count). The summed E-state index contributed by atoms with van der Waals surface area (Å²) in [6.45, 7) is 0. The lowest BCUT2D eigenvalue weighted by molar-refractivity contribution is -0.128. The van der Waals surface area contributed by atoms with Crippen LogP contribution in [0.15, 0.2) is 12.1 Å². The van der Waals surface area contributed by atoms with Crippen LogP contribution in [0.3, 0.4) is 0 Å². The third-order valence-electron chi connectivity index (χ3n) is 1.79. The Morgan fingerprint density at radius 2 is 1.88 bits per heavy atom. The molecule has 7 heteroatoms. The van der Waals surface area contributed by atoms with E-state index >= 15 is 0 Å². The summed E-state index contributed by atoms with van der Waals surface area (Å²) >= 11 is 13.7. The molecule has 0 saturated carbocycles. The van der Waals surface area contributed by atoms with Crippen molar-refractivity contribution in [2.75, 3.05) is 0 Å². The van der Waals surface area contributed by atoms with Crippen LogP contribution in [0.5, 0.6) is 0 Å². The average molecular weight is 336 g/mol. The molecule has 0 heterocycles. The van der Waals surface area contributed by atoms with Gasteiger partial charge in [-0.1, -0.05) is 39.1 Å². The largest absolute Gasteiger partial charge is 0.405 e. The van der Waals surface area contributed by atoms with Gasteiger partial charge >= 0.3 is 6.18 Å². The number of alkyl halides is 4. The first-order valence-corrected chi connectivity index (χ1v) is 5.59. The molecule has 88 valence electrons. The van der Waals surface area contributed by atoms with E-state index in [-0.39, 0.29) is 21.2 Å². The van der Waals surface area contributed by atoms with Crippen LogP contribution < -0.4 is 0 Å². The number of carbonyl (C=O) groups is 1. The predicted molar refractivity (Wildman–Crippen MR) is 59.6 cm³/mol. The maximum atomic E-state index is 12.4. The average Bonchev–Trinajstić information content (AvgIpc) is 2.19. The Hall–Kier alpha value is -0.260. The van der Waals surface area contributed by atoms with Crippen molar-refractivity contribution in [2.45, 2.75) is 11.0 Å². The smallest absolute Gasteiger partial charge is 0.298 e. The minimum atomic E-state index is -4.46. The van der Waals surface area contributed by atoms with Crippen molar-refractivity contribution in [1.29, 1.82) is 0 Å². The molecule has 0 aliphatic heterocycles. The zero-order valence-corrected chi connectivity index (χ0v) is 10.6. The number of aldehydes is 1. The van der Waals surface area contributed by atoms with Crippen LogP contribution >= 0.6 is 39.1 Å². The fourth-order valence-electron chi connectivity index (χ4n) is 1.05. The quantitative estimate of drug-likeness (QED) is 0.560. The monoisotopic (exact) mass is 334 g/mol. The highest BCUT2D eigenvalue weighted by atomic mass is 79.9. The van der Waals surface area contributed by atoms with Crippen LogP contribution in [0.25, 0.3) is 0 Å². The van der Waals surface area contributed by atoms with Gasteiger partial charge in [0.1, 0.15) is 4.83 Å². The molecule has 16 heavy (non-hydrogen) atoms. The van der Waals surface area contributed by atoms with Gasteiger partial charge in [0.2, 0.25) is 0 Å². The molecule has 1 unspecified atom stereocenters. The lowest BCUT2D eigenvalue weighted by Crippen LogP contribution is -2.15. The Labute approximate surface area is 108 Å². The van der Waals surface area contributed by atoms with Crippen molar-refractivity contribution < 1.29 is 18.0 Å². The van der Waals surface area contributed by atoms with Gasteiger partial charge in [0.15, 0.2) is 6.29 Å². The zero-order valence-electron chi connectivity index (χ0n) is 7.49. The molecule has 0 radical (unpaired) electrons. The van der Waals surface area contributed by atoms with Crippen LogP contribution in [0.1, 0.15) is 20.7 Å². The molecule has 0 bridgehead atoms. The SMILES string of the molecule is O=Cc1cc(C(Br)C(F)(F)F)cc(Cl)c1Cl. The van der Waals surface area contributed by atoms with Crippen LogP contribution in [0.4, 0.5) is 13.2 Å². The lowest BCUT2D eigenvalue weighted by atomic mass is 10.1. The second-order valence-electron chi connectivity index (χ2n) is 2.93. The maximum Gasteiger partial charge on any atom is 0.405 e. The Kier molecular flexibility index (Phi) is 4.26. The number of hydrogen-bond acceptors (Lipinski definition) is 1. The first-order valence-electron chi connectivity index (χ1n) is 3.92. The number of halogens is 6. The molecular weight excluding hydrogens is 332 g/mol. The van der Waals surface area contributed by atoms with E-state index in [4.69, 9.17) is 23.2 Å². The molecule has 0 N–H and O–H groups in total. The van der Waals surface area contributed by atoms with Gasteiger partial charge in [-0.25, -0.2) is 0 Å². The first-order chi connectivity index (χ1) is 7.27. The molecular formula is C9H4BrCl2F3O. The van der Waals surface area contributed by atoms with E-state index in [2.05, 4.69) is 15.9 Å². The van der Waals surface area contributed by atoms with Gasteiger partial charge in [-0.05, 0) is 17.7 Å². The number of rotatable bonds is 2. The van der Waals surface area contributed by atoms with E-state index in [1.54, 1.807) is 0 Å². The fourth-order valence-corrected chi connectivity index (χ4v) is 1.71. The second-order valence-corrected chi connectivity index (χ2v) is 4.63. The molecule has 1 aromatic carbocycles. The van der Waals surface area contributed by atoms with Crippen LogP contribution in [-0.4, -0.2) is 12.5 Å². The summed E-state index contributed by atoms with van der Waals surface area (Å²) in [7, 11) is 0. The third kappa shape index (κ3) is 2.90. The van der Waals surface area contributed by atoms with Gasteiger partial charge < -0.3 is 0 Å². The highest BCUT2D eigenvalue weighted by molar-refractivity contribution is 9.09. The minimum Gasteiger partial charge on any atom is -0.298 e. The van der Waals surface area contributed by atoms with Gasteiger partial charge in [-0.3, -0.25) is 4.79 Å². The molecule has 0 fully saturated rings. The highest BCUT2D eigenvalue weighted by Crippen LogP contribution is 2.41. The highest BCUT2D eigenvalue weighted by Gasteiger charge is 2.39. The molecule has 0 amide bonds. The summed E-state index contributed by atoms with van der Waals surface area (Å²) in [5.41, 5.74) is -0.234. The molecule has 0 spiro atoms. The van der Waals surface area contributed by atoms with E-state index in [1.807, 2.05) is 0 Å². The molecule has 1 atom stereocenters. The number of benzene rings is 1. The summed E-state index contributed by atoms with van der Waals surface area (Å²) in [5, 5.41) is -0.141. The van der Waals surface area contributed by atoms with Gasteiger partial charge in [0.05, 0.1) is 10.0 Å². The van der Waals surface area contributed by atoms with Crippen LogP contribution in [0, 0.1) is 0 Å². The number of carbonyl (C=O) groups excluding carboxylic acids is 1. The Balaban J connectivity index is 3.27. The molecule has 0 aromatic heterocycles. The second kappa shape index (κ2) is 4.94.